The van der Waals surface area contributed by atoms with Crippen molar-refractivity contribution in [2.75, 3.05) is 20.1 Å². The zero-order valence-corrected chi connectivity index (χ0v) is 18.8. The van der Waals surface area contributed by atoms with Crippen LogP contribution in [-0.2, 0) is 6.42 Å². The van der Waals surface area contributed by atoms with Crippen molar-refractivity contribution in [3.8, 4) is 0 Å². The first kappa shape index (κ1) is 24.9. The molecule has 2 saturated carbocycles. The SMILES string of the molecule is C1=Cc2ccccc2C1.C1CC2(C1)CCC2.CC.CC.CCN(C)CC. The first-order valence-electron chi connectivity index (χ1n) is 11.1. The molecule has 1 aromatic carbocycles. The van der Waals surface area contributed by atoms with Crippen LogP contribution in [0.25, 0.3) is 6.08 Å². The average molecular weight is 360 g/mol. The van der Waals surface area contributed by atoms with Gasteiger partial charge in [-0.1, -0.05) is 90.8 Å². The van der Waals surface area contributed by atoms with Gasteiger partial charge in [-0.3, -0.25) is 0 Å². The van der Waals surface area contributed by atoms with Gasteiger partial charge in [0.1, 0.15) is 0 Å². The Balaban J connectivity index is 0.000000336. The van der Waals surface area contributed by atoms with Gasteiger partial charge in [0.05, 0.1) is 0 Å². The Morgan fingerprint density at radius 3 is 1.65 bits per heavy atom. The van der Waals surface area contributed by atoms with Gasteiger partial charge < -0.3 is 4.90 Å². The van der Waals surface area contributed by atoms with Gasteiger partial charge in [-0.2, -0.15) is 0 Å². The lowest BCUT2D eigenvalue weighted by molar-refractivity contribution is 0.0314. The molecule has 1 aromatic rings. The molecule has 0 N–H and O–H groups in total. The van der Waals surface area contributed by atoms with E-state index in [-0.39, 0.29) is 0 Å². The van der Waals surface area contributed by atoms with Gasteiger partial charge in [0.25, 0.3) is 0 Å². The molecule has 150 valence electrons. The molecular formula is C25H45N. The van der Waals surface area contributed by atoms with Gasteiger partial charge in [0, 0.05) is 0 Å². The molecule has 1 heteroatoms. The monoisotopic (exact) mass is 359 g/mol. The van der Waals surface area contributed by atoms with Crippen LogP contribution in [0.3, 0.4) is 0 Å². The van der Waals surface area contributed by atoms with Crippen molar-refractivity contribution in [3.05, 3.63) is 41.5 Å². The standard InChI is InChI=1S/C9H8.C7H12.C5H13N.2C2H6/c1-2-5-9-7-3-6-8(9)4-1;1-3-7(4-1)5-2-6-7;1-4-6(3)5-2;2*1-2/h1-6H,7H2;1-6H2;4-5H2,1-3H3;2*1-2H3. The molecule has 3 aliphatic rings. The summed E-state index contributed by atoms with van der Waals surface area (Å²) in [5.41, 5.74) is 3.79. The molecule has 1 spiro atoms. The minimum Gasteiger partial charge on any atom is -0.307 e. The van der Waals surface area contributed by atoms with Crippen molar-refractivity contribution in [3.63, 3.8) is 0 Å². The second kappa shape index (κ2) is 15.0. The lowest BCUT2D eigenvalue weighted by Gasteiger charge is -2.49. The van der Waals surface area contributed by atoms with Crippen LogP contribution in [0.5, 0.6) is 0 Å². The van der Waals surface area contributed by atoms with Gasteiger partial charge >= 0.3 is 0 Å². The van der Waals surface area contributed by atoms with Crippen LogP contribution in [0.15, 0.2) is 30.3 Å². The molecular weight excluding hydrogens is 314 g/mol. The molecule has 1 nitrogen and oxygen atoms in total. The van der Waals surface area contributed by atoms with E-state index in [9.17, 15) is 0 Å². The highest BCUT2D eigenvalue weighted by atomic mass is 15.1. The average Bonchev–Trinajstić information content (AvgIpc) is 3.12. The Hall–Kier alpha value is -1.08. The predicted octanol–water partition coefficient (Wildman–Crippen LogP) is 7.61. The second-order valence-electron chi connectivity index (χ2n) is 7.00. The molecule has 2 fully saturated rings. The highest BCUT2D eigenvalue weighted by Gasteiger charge is 2.41. The summed E-state index contributed by atoms with van der Waals surface area (Å²) < 4.78 is 0. The molecule has 0 atom stereocenters. The third-order valence-corrected chi connectivity index (χ3v) is 5.60. The third-order valence-electron chi connectivity index (χ3n) is 5.60. The van der Waals surface area contributed by atoms with E-state index in [1.807, 2.05) is 27.7 Å². The van der Waals surface area contributed by atoms with E-state index in [1.165, 1.54) is 24.0 Å². The summed E-state index contributed by atoms with van der Waals surface area (Å²) in [7, 11) is 2.11. The normalized spacial score (nSPS) is 16.8. The molecule has 0 bridgehead atoms. The first-order valence-corrected chi connectivity index (χ1v) is 11.1. The van der Waals surface area contributed by atoms with Crippen molar-refractivity contribution < 1.29 is 0 Å². The van der Waals surface area contributed by atoms with Crippen molar-refractivity contribution in [1.82, 2.24) is 4.90 Å². The van der Waals surface area contributed by atoms with Crippen molar-refractivity contribution in [1.29, 1.82) is 0 Å². The topological polar surface area (TPSA) is 3.24 Å². The van der Waals surface area contributed by atoms with Crippen molar-refractivity contribution in [2.45, 2.75) is 86.5 Å². The number of hydrogen-bond donors (Lipinski definition) is 0. The Bertz CT molecular complexity index is 447. The number of benzene rings is 1. The van der Waals surface area contributed by atoms with Crippen molar-refractivity contribution in [2.24, 2.45) is 5.41 Å². The third kappa shape index (κ3) is 8.54. The van der Waals surface area contributed by atoms with Crippen LogP contribution in [0, 0.1) is 5.41 Å². The maximum atomic E-state index is 2.25. The lowest BCUT2D eigenvalue weighted by Crippen LogP contribution is -2.35. The first-order chi connectivity index (χ1) is 12.7. The number of allylic oxidation sites excluding steroid dienone is 1. The Kier molecular flexibility index (Phi) is 14.4. The van der Waals surface area contributed by atoms with Crippen LogP contribution in [0.4, 0.5) is 0 Å². The highest BCUT2D eigenvalue weighted by molar-refractivity contribution is 5.59. The molecule has 0 radical (unpaired) electrons. The Morgan fingerprint density at radius 2 is 1.35 bits per heavy atom. The maximum Gasteiger partial charge on any atom is -0.00504 e. The molecule has 4 rings (SSSR count). The van der Waals surface area contributed by atoms with E-state index in [4.69, 9.17) is 0 Å². The number of hydrogen-bond acceptors (Lipinski definition) is 1. The highest BCUT2D eigenvalue weighted by Crippen LogP contribution is 2.55. The fourth-order valence-electron chi connectivity index (χ4n) is 3.27. The summed E-state index contributed by atoms with van der Waals surface area (Å²) in [6.45, 7) is 14.6. The van der Waals surface area contributed by atoms with E-state index < -0.39 is 0 Å². The van der Waals surface area contributed by atoms with Gasteiger partial charge in [0.15, 0.2) is 0 Å². The van der Waals surface area contributed by atoms with Crippen LogP contribution in [0.1, 0.15) is 91.2 Å². The molecule has 0 amide bonds. The van der Waals surface area contributed by atoms with Crippen LogP contribution < -0.4 is 0 Å². The van der Waals surface area contributed by atoms with Gasteiger partial charge in [-0.05, 0) is 68.8 Å². The summed E-state index contributed by atoms with van der Waals surface area (Å²) in [4.78, 5) is 2.25. The zero-order valence-electron chi connectivity index (χ0n) is 18.8. The summed E-state index contributed by atoms with van der Waals surface area (Å²) in [6.07, 6.45) is 14.8. The minimum absolute atomic E-state index is 0.944. The molecule has 26 heavy (non-hydrogen) atoms. The van der Waals surface area contributed by atoms with Crippen LogP contribution >= 0.6 is 0 Å². The molecule has 0 saturated heterocycles. The number of rotatable bonds is 2. The molecule has 3 aliphatic carbocycles. The maximum absolute atomic E-state index is 2.25. The van der Waals surface area contributed by atoms with Gasteiger partial charge in [-0.25, -0.2) is 0 Å². The van der Waals surface area contributed by atoms with E-state index in [0.29, 0.717) is 0 Å². The quantitative estimate of drug-likeness (QED) is 0.525. The van der Waals surface area contributed by atoms with E-state index in [0.717, 1.165) is 24.9 Å². The molecule has 0 heterocycles. The summed E-state index contributed by atoms with van der Waals surface area (Å²) in [5, 5.41) is 0. The van der Waals surface area contributed by atoms with Crippen LogP contribution in [-0.4, -0.2) is 25.0 Å². The lowest BCUT2D eigenvalue weighted by atomic mass is 9.56. The fourth-order valence-corrected chi connectivity index (χ4v) is 3.27. The van der Waals surface area contributed by atoms with E-state index >= 15 is 0 Å². The molecule has 0 aliphatic heterocycles. The number of fused-ring (bicyclic) bond motifs is 1. The molecule has 0 unspecified atom stereocenters. The minimum atomic E-state index is 0.944. The second-order valence-corrected chi connectivity index (χ2v) is 7.00. The Labute approximate surface area is 164 Å². The predicted molar refractivity (Wildman–Crippen MR) is 121 cm³/mol. The summed E-state index contributed by atoms with van der Waals surface area (Å²) in [6, 6.07) is 8.49. The fraction of sp³-hybridized carbons (Fsp3) is 0.680. The van der Waals surface area contributed by atoms with E-state index in [2.05, 4.69) is 62.2 Å². The smallest absolute Gasteiger partial charge is 0.00504 e. The number of nitrogens with zero attached hydrogens (tertiary/aromatic N) is 1. The zero-order chi connectivity index (χ0) is 19.8. The van der Waals surface area contributed by atoms with E-state index in [1.54, 1.807) is 25.7 Å². The summed E-state index contributed by atoms with van der Waals surface area (Å²) in [5.74, 6) is 0. The van der Waals surface area contributed by atoms with Crippen LogP contribution in [0.2, 0.25) is 0 Å². The largest absolute Gasteiger partial charge is 0.307 e. The molecule has 0 aromatic heterocycles. The van der Waals surface area contributed by atoms with Gasteiger partial charge in [-0.15, -0.1) is 0 Å². The van der Waals surface area contributed by atoms with Crippen molar-refractivity contribution >= 4 is 6.08 Å². The summed E-state index contributed by atoms with van der Waals surface area (Å²) >= 11 is 0. The Morgan fingerprint density at radius 1 is 0.846 bits per heavy atom. The van der Waals surface area contributed by atoms with Gasteiger partial charge in [0.2, 0.25) is 0 Å².